The van der Waals surface area contributed by atoms with E-state index in [1.54, 1.807) is 0 Å². The Labute approximate surface area is 79.2 Å². The predicted molar refractivity (Wildman–Crippen MR) is 47.4 cm³/mol. The van der Waals surface area contributed by atoms with Crippen LogP contribution in [0.1, 0.15) is 13.3 Å². The molecule has 0 amide bonds. The van der Waals surface area contributed by atoms with Gasteiger partial charge in [-0.05, 0) is 12.2 Å². The fourth-order valence-corrected chi connectivity index (χ4v) is 1.16. The Morgan fingerprint density at radius 1 is 1.50 bits per heavy atom. The van der Waals surface area contributed by atoms with E-state index in [9.17, 15) is 20.2 Å². The third-order valence-corrected chi connectivity index (χ3v) is 2.12. The molecule has 1 aliphatic rings. The standard InChI is InChI=1S/C7H9N3O4/c1-7(10(13)14)3-2-5(8)6(4-7)9(11)12/h2-3H,4,8H2,1H3. The number of allylic oxidation sites excluding steroid dienone is 1. The molecule has 1 unspecified atom stereocenters. The lowest BCUT2D eigenvalue weighted by atomic mass is 9.91. The predicted octanol–water partition coefficient (Wildman–Crippen LogP) is 0.429. The van der Waals surface area contributed by atoms with E-state index < -0.39 is 15.4 Å². The van der Waals surface area contributed by atoms with Crippen molar-refractivity contribution in [2.75, 3.05) is 0 Å². The molecule has 0 spiro atoms. The summed E-state index contributed by atoms with van der Waals surface area (Å²) in [5.41, 5.74) is 3.59. The van der Waals surface area contributed by atoms with Crippen LogP contribution in [0.4, 0.5) is 0 Å². The monoisotopic (exact) mass is 199 g/mol. The highest BCUT2D eigenvalue weighted by Crippen LogP contribution is 2.27. The van der Waals surface area contributed by atoms with Crippen LogP contribution in [0.25, 0.3) is 0 Å². The smallest absolute Gasteiger partial charge is 0.276 e. The number of rotatable bonds is 2. The first-order valence-electron chi connectivity index (χ1n) is 3.83. The van der Waals surface area contributed by atoms with Crippen molar-refractivity contribution >= 4 is 0 Å². The molecule has 2 N–H and O–H groups in total. The number of hydrogen-bond acceptors (Lipinski definition) is 5. The topological polar surface area (TPSA) is 112 Å². The normalized spacial score (nSPS) is 26.4. The summed E-state index contributed by atoms with van der Waals surface area (Å²) in [4.78, 5) is 19.9. The zero-order valence-electron chi connectivity index (χ0n) is 7.47. The van der Waals surface area contributed by atoms with E-state index in [4.69, 9.17) is 5.73 Å². The molecule has 0 saturated heterocycles. The van der Waals surface area contributed by atoms with Gasteiger partial charge in [0.25, 0.3) is 5.70 Å². The molecule has 1 rings (SSSR count). The van der Waals surface area contributed by atoms with Gasteiger partial charge in [-0.3, -0.25) is 20.2 Å². The molecule has 0 heterocycles. The summed E-state index contributed by atoms with van der Waals surface area (Å²) in [5.74, 6) is 0. The van der Waals surface area contributed by atoms with Crippen molar-refractivity contribution in [1.29, 1.82) is 0 Å². The SMILES string of the molecule is CC1([N+](=O)[O-])C=CC(N)=C([N+](=O)[O-])C1. The van der Waals surface area contributed by atoms with Crippen molar-refractivity contribution in [2.45, 2.75) is 18.9 Å². The minimum atomic E-state index is -1.43. The molecule has 1 atom stereocenters. The van der Waals surface area contributed by atoms with Crippen LogP contribution in [0.5, 0.6) is 0 Å². The number of nitro groups is 2. The van der Waals surface area contributed by atoms with Gasteiger partial charge < -0.3 is 5.73 Å². The van der Waals surface area contributed by atoms with Crippen molar-refractivity contribution in [1.82, 2.24) is 0 Å². The van der Waals surface area contributed by atoms with Crippen molar-refractivity contribution < 1.29 is 9.85 Å². The zero-order valence-corrected chi connectivity index (χ0v) is 7.47. The van der Waals surface area contributed by atoms with Crippen LogP contribution in [0.15, 0.2) is 23.5 Å². The van der Waals surface area contributed by atoms with E-state index in [0.717, 1.165) is 0 Å². The van der Waals surface area contributed by atoms with Gasteiger partial charge in [-0.25, -0.2) is 0 Å². The highest BCUT2D eigenvalue weighted by Gasteiger charge is 2.42. The summed E-state index contributed by atoms with van der Waals surface area (Å²) in [7, 11) is 0. The average Bonchev–Trinajstić information content (AvgIpc) is 2.09. The molecule has 0 aromatic rings. The molecule has 76 valence electrons. The third kappa shape index (κ3) is 1.56. The highest BCUT2D eigenvalue weighted by molar-refractivity contribution is 5.27. The quantitative estimate of drug-likeness (QED) is 0.511. The van der Waals surface area contributed by atoms with Gasteiger partial charge in [0.1, 0.15) is 12.1 Å². The molecule has 0 aliphatic heterocycles. The Hall–Kier alpha value is -1.92. The Morgan fingerprint density at radius 3 is 2.50 bits per heavy atom. The summed E-state index contributed by atoms with van der Waals surface area (Å²) in [6.45, 7) is 1.32. The first-order chi connectivity index (χ1) is 6.37. The van der Waals surface area contributed by atoms with Gasteiger partial charge in [-0.1, -0.05) is 0 Å². The van der Waals surface area contributed by atoms with Crippen LogP contribution < -0.4 is 5.73 Å². The number of hydrogen-bond donors (Lipinski definition) is 1. The van der Waals surface area contributed by atoms with Crippen LogP contribution in [-0.2, 0) is 0 Å². The fourth-order valence-electron chi connectivity index (χ4n) is 1.16. The van der Waals surface area contributed by atoms with Crippen LogP contribution >= 0.6 is 0 Å². The van der Waals surface area contributed by atoms with Crippen molar-refractivity contribution in [3.8, 4) is 0 Å². The molecule has 0 saturated carbocycles. The Kier molecular flexibility index (Phi) is 2.24. The highest BCUT2D eigenvalue weighted by atomic mass is 16.6. The maximum atomic E-state index is 10.6. The van der Waals surface area contributed by atoms with Gasteiger partial charge in [0, 0.05) is 11.8 Å². The van der Waals surface area contributed by atoms with Crippen molar-refractivity contribution in [3.63, 3.8) is 0 Å². The largest absolute Gasteiger partial charge is 0.393 e. The Bertz CT molecular complexity index is 360. The van der Waals surface area contributed by atoms with E-state index in [-0.39, 0.29) is 17.8 Å². The molecule has 14 heavy (non-hydrogen) atoms. The van der Waals surface area contributed by atoms with Crippen molar-refractivity contribution in [3.05, 3.63) is 43.8 Å². The second-order valence-electron chi connectivity index (χ2n) is 3.28. The summed E-state index contributed by atoms with van der Waals surface area (Å²) >= 11 is 0. The minimum absolute atomic E-state index is 0.0191. The van der Waals surface area contributed by atoms with Crippen LogP contribution in [0.3, 0.4) is 0 Å². The van der Waals surface area contributed by atoms with E-state index in [2.05, 4.69) is 0 Å². The zero-order chi connectivity index (χ0) is 10.9. The first kappa shape index (κ1) is 10.2. The van der Waals surface area contributed by atoms with Gasteiger partial charge in [-0.2, -0.15) is 0 Å². The fraction of sp³-hybridized carbons (Fsp3) is 0.429. The Balaban J connectivity index is 3.07. The maximum Gasteiger partial charge on any atom is 0.276 e. The van der Waals surface area contributed by atoms with Crippen LogP contribution in [-0.4, -0.2) is 15.4 Å². The van der Waals surface area contributed by atoms with Crippen molar-refractivity contribution in [2.24, 2.45) is 5.73 Å². The molecular formula is C7H9N3O4. The van der Waals surface area contributed by atoms with E-state index >= 15 is 0 Å². The van der Waals surface area contributed by atoms with Gasteiger partial charge >= 0.3 is 0 Å². The first-order valence-corrected chi connectivity index (χ1v) is 3.83. The molecule has 1 aliphatic carbocycles. The number of nitrogens with two attached hydrogens (primary N) is 1. The maximum absolute atomic E-state index is 10.6. The van der Waals surface area contributed by atoms with Gasteiger partial charge in [0.15, 0.2) is 0 Å². The number of nitrogens with zero attached hydrogens (tertiary/aromatic N) is 2. The summed E-state index contributed by atoms with van der Waals surface area (Å²) in [6, 6.07) is 0. The van der Waals surface area contributed by atoms with Gasteiger partial charge in [-0.15, -0.1) is 0 Å². The molecule has 0 aromatic heterocycles. The van der Waals surface area contributed by atoms with Crippen LogP contribution in [0, 0.1) is 20.2 Å². The lowest BCUT2D eigenvalue weighted by Gasteiger charge is -2.18. The lowest BCUT2D eigenvalue weighted by Crippen LogP contribution is -2.36. The molecule has 7 heteroatoms. The second-order valence-corrected chi connectivity index (χ2v) is 3.28. The summed E-state index contributed by atoms with van der Waals surface area (Å²) in [5, 5.41) is 21.1. The average molecular weight is 199 g/mol. The van der Waals surface area contributed by atoms with Crippen LogP contribution in [0.2, 0.25) is 0 Å². The molecule has 0 fully saturated rings. The van der Waals surface area contributed by atoms with E-state index in [1.165, 1.54) is 19.1 Å². The molecule has 0 aromatic carbocycles. The van der Waals surface area contributed by atoms with E-state index in [1.807, 2.05) is 0 Å². The Morgan fingerprint density at radius 2 is 2.07 bits per heavy atom. The second kappa shape index (κ2) is 3.09. The summed E-state index contributed by atoms with van der Waals surface area (Å²) in [6.07, 6.45) is 2.20. The third-order valence-electron chi connectivity index (χ3n) is 2.12. The minimum Gasteiger partial charge on any atom is -0.393 e. The summed E-state index contributed by atoms with van der Waals surface area (Å²) < 4.78 is 0. The molecule has 7 nitrogen and oxygen atoms in total. The molecule has 0 bridgehead atoms. The van der Waals surface area contributed by atoms with E-state index in [0.29, 0.717) is 0 Å². The lowest BCUT2D eigenvalue weighted by molar-refractivity contribution is -0.557. The van der Waals surface area contributed by atoms with Gasteiger partial charge in [0.2, 0.25) is 5.54 Å². The molecule has 0 radical (unpaired) electrons. The van der Waals surface area contributed by atoms with Gasteiger partial charge in [0.05, 0.1) is 4.92 Å². The molecular weight excluding hydrogens is 190 g/mol.